The van der Waals surface area contributed by atoms with Crippen LogP contribution in [0.25, 0.3) is 0 Å². The number of likely N-dealkylation sites (N-methyl/N-ethyl adjacent to an activating group) is 1. The maximum atomic E-state index is 3.65. The van der Waals surface area contributed by atoms with Gasteiger partial charge < -0.3 is 10.2 Å². The number of nitrogens with zero attached hydrogens (tertiary/aromatic N) is 1. The van der Waals surface area contributed by atoms with Gasteiger partial charge in [0.05, 0.1) is 0 Å². The molecule has 1 saturated heterocycles. The van der Waals surface area contributed by atoms with E-state index in [0.29, 0.717) is 6.04 Å². The van der Waals surface area contributed by atoms with Crippen LogP contribution in [0.4, 0.5) is 0 Å². The fourth-order valence-corrected chi connectivity index (χ4v) is 3.64. The van der Waals surface area contributed by atoms with Crippen molar-refractivity contribution in [2.75, 3.05) is 31.6 Å². The SMILES string of the molecule is CCCCCC(C)NCCN(C)C1CCSC1. The Labute approximate surface area is 112 Å². The van der Waals surface area contributed by atoms with Crippen LogP contribution in [0.3, 0.4) is 0 Å². The second-order valence-corrected chi connectivity index (χ2v) is 6.50. The summed E-state index contributed by atoms with van der Waals surface area (Å²) in [6, 6.07) is 1.52. The molecule has 0 aliphatic carbocycles. The molecule has 17 heavy (non-hydrogen) atoms. The van der Waals surface area contributed by atoms with Crippen LogP contribution in [0.2, 0.25) is 0 Å². The predicted molar refractivity (Wildman–Crippen MR) is 80.0 cm³/mol. The van der Waals surface area contributed by atoms with E-state index in [0.717, 1.165) is 12.6 Å². The van der Waals surface area contributed by atoms with E-state index in [9.17, 15) is 0 Å². The third-order valence-electron chi connectivity index (χ3n) is 3.73. The van der Waals surface area contributed by atoms with Crippen molar-refractivity contribution in [2.45, 2.75) is 58.0 Å². The molecule has 0 aromatic rings. The molecule has 1 N–H and O–H groups in total. The van der Waals surface area contributed by atoms with Crippen LogP contribution in [0.1, 0.15) is 46.0 Å². The summed E-state index contributed by atoms with van der Waals surface area (Å²) >= 11 is 2.10. The Morgan fingerprint density at radius 1 is 1.41 bits per heavy atom. The van der Waals surface area contributed by atoms with Crippen LogP contribution in [0.15, 0.2) is 0 Å². The van der Waals surface area contributed by atoms with Crippen molar-refractivity contribution in [3.63, 3.8) is 0 Å². The van der Waals surface area contributed by atoms with Crippen LogP contribution in [0, 0.1) is 0 Å². The highest BCUT2D eigenvalue weighted by Gasteiger charge is 2.19. The molecule has 1 aliphatic rings. The van der Waals surface area contributed by atoms with E-state index < -0.39 is 0 Å². The lowest BCUT2D eigenvalue weighted by Gasteiger charge is -2.24. The molecule has 2 atom stereocenters. The second-order valence-electron chi connectivity index (χ2n) is 5.35. The Bertz CT molecular complexity index is 181. The molecular formula is C14H30N2S. The van der Waals surface area contributed by atoms with E-state index in [4.69, 9.17) is 0 Å². The predicted octanol–water partition coefficient (Wildman–Crippen LogP) is 2.98. The topological polar surface area (TPSA) is 15.3 Å². The van der Waals surface area contributed by atoms with Crippen LogP contribution in [-0.4, -0.2) is 48.6 Å². The molecule has 2 unspecified atom stereocenters. The smallest absolute Gasteiger partial charge is 0.0191 e. The molecule has 102 valence electrons. The first-order valence-electron chi connectivity index (χ1n) is 7.25. The zero-order valence-electron chi connectivity index (χ0n) is 11.9. The van der Waals surface area contributed by atoms with E-state index >= 15 is 0 Å². The maximum absolute atomic E-state index is 3.65. The summed E-state index contributed by atoms with van der Waals surface area (Å²) in [5, 5.41) is 3.65. The maximum Gasteiger partial charge on any atom is 0.0191 e. The Kier molecular flexibility index (Phi) is 8.33. The minimum absolute atomic E-state index is 0.688. The molecule has 1 fully saturated rings. The Balaban J connectivity index is 1.98. The first kappa shape index (κ1) is 15.3. The van der Waals surface area contributed by atoms with E-state index in [2.05, 4.69) is 42.9 Å². The van der Waals surface area contributed by atoms with Gasteiger partial charge in [0.15, 0.2) is 0 Å². The molecule has 3 heteroatoms. The van der Waals surface area contributed by atoms with Gasteiger partial charge in [-0.05, 0) is 32.6 Å². The summed E-state index contributed by atoms with van der Waals surface area (Å²) in [5.41, 5.74) is 0. The Morgan fingerprint density at radius 2 is 2.24 bits per heavy atom. The highest BCUT2D eigenvalue weighted by Crippen LogP contribution is 2.20. The molecule has 0 amide bonds. The van der Waals surface area contributed by atoms with Crippen molar-refractivity contribution in [1.29, 1.82) is 0 Å². The highest BCUT2D eigenvalue weighted by molar-refractivity contribution is 7.99. The van der Waals surface area contributed by atoms with E-state index in [-0.39, 0.29) is 0 Å². The summed E-state index contributed by atoms with van der Waals surface area (Å²) < 4.78 is 0. The fourth-order valence-electron chi connectivity index (χ4n) is 2.34. The second kappa shape index (κ2) is 9.23. The van der Waals surface area contributed by atoms with Gasteiger partial charge in [0.25, 0.3) is 0 Å². The summed E-state index contributed by atoms with van der Waals surface area (Å²) in [7, 11) is 2.28. The van der Waals surface area contributed by atoms with Crippen molar-refractivity contribution in [3.8, 4) is 0 Å². The van der Waals surface area contributed by atoms with Gasteiger partial charge in [0, 0.05) is 30.9 Å². The summed E-state index contributed by atoms with van der Waals surface area (Å²) in [6.07, 6.45) is 6.80. The lowest BCUT2D eigenvalue weighted by molar-refractivity contribution is 0.258. The van der Waals surface area contributed by atoms with Crippen LogP contribution >= 0.6 is 11.8 Å². The largest absolute Gasteiger partial charge is 0.313 e. The first-order chi connectivity index (χ1) is 8.24. The standard InChI is InChI=1S/C14H30N2S/c1-4-5-6-7-13(2)15-9-10-16(3)14-8-11-17-12-14/h13-15H,4-12H2,1-3H3. The monoisotopic (exact) mass is 258 g/mol. The molecule has 0 saturated carbocycles. The first-order valence-corrected chi connectivity index (χ1v) is 8.41. The molecule has 1 rings (SSSR count). The number of rotatable bonds is 9. The van der Waals surface area contributed by atoms with Crippen LogP contribution < -0.4 is 5.32 Å². The van der Waals surface area contributed by atoms with Gasteiger partial charge in [0.1, 0.15) is 0 Å². The molecule has 1 aliphatic heterocycles. The molecule has 0 radical (unpaired) electrons. The van der Waals surface area contributed by atoms with Gasteiger partial charge >= 0.3 is 0 Å². The third-order valence-corrected chi connectivity index (χ3v) is 4.87. The normalized spacial score (nSPS) is 22.2. The lowest BCUT2D eigenvalue weighted by atomic mass is 10.1. The van der Waals surface area contributed by atoms with E-state index in [1.54, 1.807) is 0 Å². The Morgan fingerprint density at radius 3 is 2.88 bits per heavy atom. The van der Waals surface area contributed by atoms with Crippen LogP contribution in [0.5, 0.6) is 0 Å². The lowest BCUT2D eigenvalue weighted by Crippen LogP contribution is -2.39. The van der Waals surface area contributed by atoms with Gasteiger partial charge in [-0.1, -0.05) is 26.2 Å². The van der Waals surface area contributed by atoms with Gasteiger partial charge in [-0.2, -0.15) is 11.8 Å². The average molecular weight is 258 g/mol. The third kappa shape index (κ3) is 6.68. The van der Waals surface area contributed by atoms with Crippen molar-refractivity contribution >= 4 is 11.8 Å². The summed E-state index contributed by atoms with van der Waals surface area (Å²) in [6.45, 7) is 6.93. The zero-order valence-corrected chi connectivity index (χ0v) is 12.7. The van der Waals surface area contributed by atoms with Crippen molar-refractivity contribution in [1.82, 2.24) is 10.2 Å². The molecule has 0 aromatic heterocycles. The minimum atomic E-state index is 0.688. The van der Waals surface area contributed by atoms with Gasteiger partial charge in [0.2, 0.25) is 0 Å². The quantitative estimate of drug-likeness (QED) is 0.640. The molecule has 0 aromatic carbocycles. The Hall–Kier alpha value is 0.270. The van der Waals surface area contributed by atoms with Gasteiger partial charge in [-0.3, -0.25) is 0 Å². The average Bonchev–Trinajstić information content (AvgIpc) is 2.82. The molecule has 2 nitrogen and oxygen atoms in total. The van der Waals surface area contributed by atoms with Crippen molar-refractivity contribution in [3.05, 3.63) is 0 Å². The van der Waals surface area contributed by atoms with E-state index in [1.165, 1.54) is 50.2 Å². The van der Waals surface area contributed by atoms with Crippen LogP contribution in [-0.2, 0) is 0 Å². The fraction of sp³-hybridized carbons (Fsp3) is 1.00. The molecule has 0 spiro atoms. The van der Waals surface area contributed by atoms with Gasteiger partial charge in [-0.25, -0.2) is 0 Å². The van der Waals surface area contributed by atoms with Crippen molar-refractivity contribution < 1.29 is 0 Å². The number of hydrogen-bond acceptors (Lipinski definition) is 3. The minimum Gasteiger partial charge on any atom is -0.313 e. The number of nitrogens with one attached hydrogen (secondary N) is 1. The number of thioether (sulfide) groups is 1. The molecular weight excluding hydrogens is 228 g/mol. The van der Waals surface area contributed by atoms with Gasteiger partial charge in [-0.15, -0.1) is 0 Å². The summed E-state index contributed by atoms with van der Waals surface area (Å²) in [4.78, 5) is 2.53. The zero-order chi connectivity index (χ0) is 12.5. The summed E-state index contributed by atoms with van der Waals surface area (Å²) in [5.74, 6) is 2.69. The number of hydrogen-bond donors (Lipinski definition) is 1. The molecule has 0 bridgehead atoms. The molecule has 1 heterocycles. The highest BCUT2D eigenvalue weighted by atomic mass is 32.2. The van der Waals surface area contributed by atoms with E-state index in [1.807, 2.05) is 0 Å². The van der Waals surface area contributed by atoms with Crippen molar-refractivity contribution in [2.24, 2.45) is 0 Å². The number of unbranched alkanes of at least 4 members (excludes halogenated alkanes) is 2.